The van der Waals surface area contributed by atoms with Gasteiger partial charge in [0.1, 0.15) is 0 Å². The monoisotopic (exact) mass is 319 g/mol. The van der Waals surface area contributed by atoms with Crippen molar-refractivity contribution in [3.8, 4) is 5.75 Å². The number of carboxylic acids is 1. The number of benzene rings is 3. The Kier molecular flexibility index (Phi) is 4.16. The number of hydrogen-bond donors (Lipinski definition) is 2. The molecule has 0 aliphatic carbocycles. The van der Waals surface area contributed by atoms with E-state index in [9.17, 15) is 9.90 Å². The van der Waals surface area contributed by atoms with Crippen LogP contribution < -0.4 is 10.5 Å². The predicted octanol–water partition coefficient (Wildman–Crippen LogP) is 3.45. The summed E-state index contributed by atoms with van der Waals surface area (Å²) < 4.78 is 0. The van der Waals surface area contributed by atoms with Crippen molar-refractivity contribution < 1.29 is 15.0 Å². The Morgan fingerprint density at radius 3 is 2.46 bits per heavy atom. The maximum absolute atomic E-state index is 12.5. The van der Waals surface area contributed by atoms with Gasteiger partial charge < -0.3 is 10.2 Å². The van der Waals surface area contributed by atoms with Crippen molar-refractivity contribution >= 4 is 28.1 Å². The van der Waals surface area contributed by atoms with E-state index in [0.29, 0.717) is 22.3 Å². The van der Waals surface area contributed by atoms with Gasteiger partial charge in [0.25, 0.3) is 0 Å². The predicted molar refractivity (Wildman–Crippen MR) is 92.6 cm³/mol. The average molecular weight is 319 g/mol. The average Bonchev–Trinajstić information content (AvgIpc) is 2.60. The molecule has 0 bridgehead atoms. The van der Waals surface area contributed by atoms with Crippen LogP contribution in [0.15, 0.2) is 65.8 Å². The molecule has 24 heavy (non-hydrogen) atoms. The minimum atomic E-state index is -0.978. The Balaban J connectivity index is 1.85. The zero-order valence-corrected chi connectivity index (χ0v) is 13.0. The summed E-state index contributed by atoms with van der Waals surface area (Å²) in [6.45, 7) is 1.75. The summed E-state index contributed by atoms with van der Waals surface area (Å²) in [5.41, 5.74) is 4.79. The first-order valence-electron chi connectivity index (χ1n) is 7.39. The molecule has 3 aromatic rings. The summed E-state index contributed by atoms with van der Waals surface area (Å²) in [7, 11) is 0. The highest BCUT2D eigenvalue weighted by Gasteiger charge is 2.04. The lowest BCUT2D eigenvalue weighted by atomic mass is 10.0. The summed E-state index contributed by atoms with van der Waals surface area (Å²) >= 11 is 0. The van der Waals surface area contributed by atoms with Gasteiger partial charge in [-0.05, 0) is 47.5 Å². The first kappa shape index (κ1) is 15.6. The van der Waals surface area contributed by atoms with E-state index >= 15 is 0 Å². The fourth-order valence-corrected chi connectivity index (χ4v) is 2.42. The third-order valence-electron chi connectivity index (χ3n) is 3.75. The Bertz CT molecular complexity index is 931. The fourth-order valence-electron chi connectivity index (χ4n) is 2.42. The van der Waals surface area contributed by atoms with Crippen molar-refractivity contribution in [3.05, 3.63) is 71.8 Å². The van der Waals surface area contributed by atoms with E-state index < -0.39 is 5.97 Å². The number of fused-ring (bicyclic) bond motifs is 1. The zero-order valence-electron chi connectivity index (χ0n) is 13.0. The van der Waals surface area contributed by atoms with Gasteiger partial charge in [-0.1, -0.05) is 42.1 Å². The van der Waals surface area contributed by atoms with Gasteiger partial charge in [-0.2, -0.15) is 5.10 Å². The van der Waals surface area contributed by atoms with Crippen LogP contribution >= 0.6 is 0 Å². The van der Waals surface area contributed by atoms with Crippen LogP contribution in [-0.2, 0) is 0 Å². The van der Waals surface area contributed by atoms with E-state index in [2.05, 4.69) is 10.5 Å². The van der Waals surface area contributed by atoms with E-state index in [1.165, 1.54) is 12.1 Å². The maximum atomic E-state index is 12.5. The molecule has 0 aromatic heterocycles. The molecule has 0 aliphatic heterocycles. The van der Waals surface area contributed by atoms with E-state index in [4.69, 9.17) is 5.11 Å². The van der Waals surface area contributed by atoms with E-state index in [1.54, 1.807) is 31.2 Å². The van der Waals surface area contributed by atoms with Crippen LogP contribution in [0.4, 0.5) is 5.69 Å². The summed E-state index contributed by atoms with van der Waals surface area (Å²) in [6, 6.07) is 17.3. The molecule has 5 nitrogen and oxygen atoms in total. The molecular weight excluding hydrogens is 304 g/mol. The van der Waals surface area contributed by atoms with Gasteiger partial charge in [-0.3, -0.25) is 5.43 Å². The van der Waals surface area contributed by atoms with Gasteiger partial charge in [0, 0.05) is 0 Å². The minimum Gasteiger partial charge on any atom is -0.872 e. The van der Waals surface area contributed by atoms with Crippen molar-refractivity contribution in [2.75, 3.05) is 5.43 Å². The smallest absolute Gasteiger partial charge is 0.335 e. The molecule has 0 spiro atoms. The Morgan fingerprint density at radius 2 is 1.75 bits per heavy atom. The molecule has 0 fully saturated rings. The number of carboxylic acid groups (broad SMARTS) is 1. The molecule has 0 aliphatic rings. The summed E-state index contributed by atoms with van der Waals surface area (Å²) in [4.78, 5) is 10.8. The molecule has 0 saturated carbocycles. The van der Waals surface area contributed by atoms with Crippen LogP contribution in [0.2, 0.25) is 0 Å². The molecular formula is C19H15N2O3-. The largest absolute Gasteiger partial charge is 0.872 e. The molecule has 3 rings (SSSR count). The highest BCUT2D eigenvalue weighted by atomic mass is 16.4. The normalized spacial score (nSPS) is 11.5. The third kappa shape index (κ3) is 3.05. The van der Waals surface area contributed by atoms with Crippen LogP contribution in [0.1, 0.15) is 22.8 Å². The summed E-state index contributed by atoms with van der Waals surface area (Å²) in [6.07, 6.45) is 0. The Labute approximate surface area is 138 Å². The van der Waals surface area contributed by atoms with Gasteiger partial charge >= 0.3 is 5.97 Å². The molecule has 3 aromatic carbocycles. The molecule has 0 amide bonds. The number of hydrazone groups is 1. The highest BCUT2D eigenvalue weighted by molar-refractivity contribution is 6.06. The van der Waals surface area contributed by atoms with Gasteiger partial charge in [-0.15, -0.1) is 0 Å². The van der Waals surface area contributed by atoms with Crippen LogP contribution in [0.3, 0.4) is 0 Å². The number of aromatic carboxylic acids is 1. The van der Waals surface area contributed by atoms with E-state index in [0.717, 1.165) is 5.39 Å². The SMILES string of the molecule is C/C(=N\Nc1ccc(C(=O)O)cc1)c1ccc2ccccc2c1[O-]. The van der Waals surface area contributed by atoms with Crippen molar-refractivity contribution in [2.45, 2.75) is 6.92 Å². The van der Waals surface area contributed by atoms with Crippen molar-refractivity contribution in [3.63, 3.8) is 0 Å². The quantitative estimate of drug-likeness (QED) is 0.570. The van der Waals surface area contributed by atoms with Crippen molar-refractivity contribution in [1.29, 1.82) is 0 Å². The molecule has 120 valence electrons. The van der Waals surface area contributed by atoms with Crippen molar-refractivity contribution in [2.24, 2.45) is 5.10 Å². The van der Waals surface area contributed by atoms with Crippen LogP contribution in [0, 0.1) is 0 Å². The number of anilines is 1. The molecule has 0 radical (unpaired) electrons. The number of nitrogens with zero attached hydrogens (tertiary/aromatic N) is 1. The van der Waals surface area contributed by atoms with Crippen molar-refractivity contribution in [1.82, 2.24) is 0 Å². The summed E-state index contributed by atoms with van der Waals surface area (Å²) in [5.74, 6) is -1.04. The summed E-state index contributed by atoms with van der Waals surface area (Å²) in [5, 5.41) is 27.2. The lowest BCUT2D eigenvalue weighted by molar-refractivity contribution is -0.266. The molecule has 2 N–H and O–H groups in total. The molecule has 0 heterocycles. The first-order valence-corrected chi connectivity index (χ1v) is 7.39. The molecule has 0 saturated heterocycles. The topological polar surface area (TPSA) is 84.8 Å². The van der Waals surface area contributed by atoms with Crippen LogP contribution in [-0.4, -0.2) is 16.8 Å². The number of rotatable bonds is 4. The van der Waals surface area contributed by atoms with Crippen LogP contribution in [0.25, 0.3) is 10.8 Å². The van der Waals surface area contributed by atoms with Gasteiger partial charge in [0.2, 0.25) is 0 Å². The maximum Gasteiger partial charge on any atom is 0.335 e. The molecule has 0 unspecified atom stereocenters. The second kappa shape index (κ2) is 6.42. The zero-order chi connectivity index (χ0) is 17.1. The van der Waals surface area contributed by atoms with Gasteiger partial charge in [0.15, 0.2) is 0 Å². The third-order valence-corrected chi connectivity index (χ3v) is 3.75. The molecule has 0 atom stereocenters. The van der Waals surface area contributed by atoms with E-state index in [1.807, 2.05) is 24.3 Å². The van der Waals surface area contributed by atoms with Gasteiger partial charge in [-0.25, -0.2) is 4.79 Å². The number of carbonyl (C=O) groups is 1. The van der Waals surface area contributed by atoms with E-state index in [-0.39, 0.29) is 11.3 Å². The standard InChI is InChI=1S/C19H16N2O3/c1-12(20-21-15-9-6-14(7-10-15)19(23)24)16-11-8-13-4-2-3-5-17(13)18(16)22/h2-11,21-22H,1H3,(H,23,24)/p-1/b20-12+. The highest BCUT2D eigenvalue weighted by Crippen LogP contribution is 2.26. The molecule has 5 heteroatoms. The number of nitrogens with one attached hydrogen (secondary N) is 1. The fraction of sp³-hybridized carbons (Fsp3) is 0.0526. The minimum absolute atomic E-state index is 0.0580. The van der Waals surface area contributed by atoms with Gasteiger partial charge in [0.05, 0.1) is 17.0 Å². The Morgan fingerprint density at radius 1 is 1.04 bits per heavy atom. The first-order chi connectivity index (χ1) is 11.6. The number of hydrogen-bond acceptors (Lipinski definition) is 4. The lowest BCUT2D eigenvalue weighted by Gasteiger charge is -2.16. The Hall–Kier alpha value is -3.34. The second-order valence-corrected chi connectivity index (χ2v) is 5.35. The van der Waals surface area contributed by atoms with Crippen LogP contribution in [0.5, 0.6) is 5.75 Å². The second-order valence-electron chi connectivity index (χ2n) is 5.35. The lowest BCUT2D eigenvalue weighted by Crippen LogP contribution is -2.05.